The van der Waals surface area contributed by atoms with Crippen LogP contribution in [0.25, 0.3) is 22.3 Å². The number of aromatic carboxylic acids is 1. The van der Waals surface area contributed by atoms with Gasteiger partial charge in [0.2, 0.25) is 0 Å². The number of carbonyl (C=O) groups is 1. The summed E-state index contributed by atoms with van der Waals surface area (Å²) in [5.74, 6) is -0.575. The largest absolute Gasteiger partial charge is 0.478 e. The van der Waals surface area contributed by atoms with E-state index in [0.29, 0.717) is 28.0 Å². The number of nitrogens with one attached hydrogen (secondary N) is 1. The normalized spacial score (nSPS) is 11.4. The van der Waals surface area contributed by atoms with Gasteiger partial charge in [0.15, 0.2) is 5.43 Å². The molecule has 0 aliphatic heterocycles. The van der Waals surface area contributed by atoms with Crippen molar-refractivity contribution in [3.8, 4) is 11.3 Å². The van der Waals surface area contributed by atoms with Crippen molar-refractivity contribution in [2.45, 2.75) is 33.7 Å². The number of pyridine rings is 1. The lowest BCUT2D eigenvalue weighted by Crippen LogP contribution is -2.12. The second-order valence-electron chi connectivity index (χ2n) is 7.16. The fourth-order valence-electron chi connectivity index (χ4n) is 3.51. The van der Waals surface area contributed by atoms with Crippen LogP contribution in [0.1, 0.15) is 48.3 Å². The Morgan fingerprint density at radius 1 is 1.09 bits per heavy atom. The summed E-state index contributed by atoms with van der Waals surface area (Å²) in [6.45, 7) is 7.82. The first-order chi connectivity index (χ1) is 15.4. The molecule has 0 aliphatic rings. The highest BCUT2D eigenvalue weighted by atomic mass is 16.4. The molecule has 0 saturated carbocycles. The molecule has 2 aromatic heterocycles. The Morgan fingerprint density at radius 3 is 2.53 bits per heavy atom. The Balaban J connectivity index is 0.00000141. The fourth-order valence-corrected chi connectivity index (χ4v) is 3.51. The van der Waals surface area contributed by atoms with Gasteiger partial charge in [0, 0.05) is 35.3 Å². The van der Waals surface area contributed by atoms with Gasteiger partial charge < -0.3 is 14.8 Å². The van der Waals surface area contributed by atoms with E-state index >= 15 is 0 Å². The van der Waals surface area contributed by atoms with Crippen LogP contribution in [0.2, 0.25) is 0 Å². The zero-order chi connectivity index (χ0) is 23.3. The quantitative estimate of drug-likeness (QED) is 0.400. The van der Waals surface area contributed by atoms with Crippen LogP contribution in [0.5, 0.6) is 0 Å². The summed E-state index contributed by atoms with van der Waals surface area (Å²) < 4.78 is 6.16. The van der Waals surface area contributed by atoms with E-state index in [1.165, 1.54) is 6.07 Å². The summed E-state index contributed by atoms with van der Waals surface area (Å²) >= 11 is 0. The van der Waals surface area contributed by atoms with Crippen molar-refractivity contribution in [1.29, 1.82) is 0 Å². The molecule has 0 amide bonds. The number of hydrogen-bond donors (Lipinski definition) is 2. The van der Waals surface area contributed by atoms with E-state index in [1.54, 1.807) is 48.8 Å². The number of anilines is 1. The Kier molecular flexibility index (Phi) is 7.05. The van der Waals surface area contributed by atoms with Crippen LogP contribution in [-0.4, -0.2) is 16.1 Å². The van der Waals surface area contributed by atoms with Gasteiger partial charge in [-0.3, -0.25) is 9.78 Å². The highest BCUT2D eigenvalue weighted by Crippen LogP contribution is 2.31. The molecular weight excluding hydrogens is 404 g/mol. The first kappa shape index (κ1) is 22.7. The van der Waals surface area contributed by atoms with Gasteiger partial charge >= 0.3 is 5.97 Å². The summed E-state index contributed by atoms with van der Waals surface area (Å²) in [5.41, 5.74) is 3.40. The minimum Gasteiger partial charge on any atom is -0.478 e. The molecule has 1 atom stereocenters. The lowest BCUT2D eigenvalue weighted by Gasteiger charge is -2.19. The van der Waals surface area contributed by atoms with E-state index in [2.05, 4.69) is 10.3 Å². The zero-order valence-corrected chi connectivity index (χ0v) is 18.5. The molecule has 0 bridgehead atoms. The Hall–Kier alpha value is -3.93. The predicted octanol–water partition coefficient (Wildman–Crippen LogP) is 6.06. The maximum absolute atomic E-state index is 12.8. The standard InChI is InChI=1S/C24H20N2O4.C2H6/c1-14-10-18(15(2)26-20-8-4-3-7-17(20)24(28)29)23-19(11-14)21(27)12-22(30-23)16-6-5-9-25-13-16;1-2/h3-13,15,26H,1-2H3,(H,28,29);1-2H3. The fraction of sp³-hybridized carbons (Fsp3) is 0.192. The van der Waals surface area contributed by atoms with Crippen molar-refractivity contribution in [3.63, 3.8) is 0 Å². The maximum Gasteiger partial charge on any atom is 0.337 e. The van der Waals surface area contributed by atoms with Gasteiger partial charge in [-0.15, -0.1) is 0 Å². The number of carboxylic acids is 1. The van der Waals surface area contributed by atoms with Crippen molar-refractivity contribution in [2.75, 3.05) is 5.32 Å². The Morgan fingerprint density at radius 2 is 1.84 bits per heavy atom. The molecule has 2 aromatic carbocycles. The van der Waals surface area contributed by atoms with Crippen LogP contribution >= 0.6 is 0 Å². The number of hydrogen-bond acceptors (Lipinski definition) is 5. The van der Waals surface area contributed by atoms with Crippen LogP contribution in [-0.2, 0) is 0 Å². The van der Waals surface area contributed by atoms with E-state index in [4.69, 9.17) is 4.42 Å². The molecule has 0 radical (unpaired) electrons. The van der Waals surface area contributed by atoms with E-state index in [0.717, 1.165) is 11.1 Å². The molecule has 0 spiro atoms. The second kappa shape index (κ2) is 9.92. The van der Waals surface area contributed by atoms with Gasteiger partial charge in [-0.2, -0.15) is 0 Å². The van der Waals surface area contributed by atoms with E-state index in [9.17, 15) is 14.7 Å². The summed E-state index contributed by atoms with van der Waals surface area (Å²) in [7, 11) is 0. The molecule has 32 heavy (non-hydrogen) atoms. The number of nitrogens with zero attached hydrogens (tertiary/aromatic N) is 1. The minimum absolute atomic E-state index is 0.141. The molecule has 4 aromatic rings. The van der Waals surface area contributed by atoms with Gasteiger partial charge in [-0.25, -0.2) is 4.79 Å². The first-order valence-corrected chi connectivity index (χ1v) is 10.5. The molecule has 0 saturated heterocycles. The van der Waals surface area contributed by atoms with Crippen LogP contribution < -0.4 is 10.7 Å². The number of aromatic nitrogens is 1. The summed E-state index contributed by atoms with van der Waals surface area (Å²) in [5, 5.41) is 13.2. The molecule has 0 aliphatic carbocycles. The average molecular weight is 431 g/mol. The number of para-hydroxylation sites is 1. The highest BCUT2D eigenvalue weighted by Gasteiger charge is 2.18. The van der Waals surface area contributed by atoms with E-state index in [-0.39, 0.29) is 17.0 Å². The third kappa shape index (κ3) is 4.70. The lowest BCUT2D eigenvalue weighted by molar-refractivity contribution is 0.0698. The minimum atomic E-state index is -1.01. The summed E-state index contributed by atoms with van der Waals surface area (Å²) in [4.78, 5) is 28.5. The van der Waals surface area contributed by atoms with Gasteiger partial charge in [-0.05, 0) is 49.7 Å². The van der Waals surface area contributed by atoms with Crippen LogP contribution in [0.4, 0.5) is 5.69 Å². The van der Waals surface area contributed by atoms with Crippen molar-refractivity contribution in [3.05, 3.63) is 93.9 Å². The average Bonchev–Trinajstić information content (AvgIpc) is 2.81. The summed E-state index contributed by atoms with van der Waals surface area (Å²) in [6, 6.07) is 15.2. The molecule has 2 heterocycles. The highest BCUT2D eigenvalue weighted by molar-refractivity contribution is 5.94. The predicted molar refractivity (Wildman–Crippen MR) is 127 cm³/mol. The molecule has 1 unspecified atom stereocenters. The van der Waals surface area contributed by atoms with Crippen molar-refractivity contribution >= 4 is 22.6 Å². The number of rotatable bonds is 5. The van der Waals surface area contributed by atoms with Crippen molar-refractivity contribution in [2.24, 2.45) is 0 Å². The number of aryl methyl sites for hydroxylation is 1. The van der Waals surface area contributed by atoms with E-state index < -0.39 is 5.97 Å². The van der Waals surface area contributed by atoms with Crippen molar-refractivity contribution < 1.29 is 14.3 Å². The molecule has 2 N–H and O–H groups in total. The molecular formula is C26H26N2O4. The van der Waals surface area contributed by atoms with Crippen LogP contribution in [0, 0.1) is 6.92 Å². The number of carboxylic acid groups (broad SMARTS) is 1. The molecule has 6 nitrogen and oxygen atoms in total. The van der Waals surface area contributed by atoms with Crippen molar-refractivity contribution in [1.82, 2.24) is 4.98 Å². The first-order valence-electron chi connectivity index (χ1n) is 10.5. The van der Waals surface area contributed by atoms with Crippen LogP contribution in [0.15, 0.2) is 76.2 Å². The SMILES string of the molecule is CC.Cc1cc(C(C)Nc2ccccc2C(=O)O)c2oc(-c3cccnc3)cc(=O)c2c1. The van der Waals surface area contributed by atoms with Gasteiger partial charge in [-0.1, -0.05) is 32.0 Å². The Labute approximate surface area is 186 Å². The van der Waals surface area contributed by atoms with Gasteiger partial charge in [0.25, 0.3) is 0 Å². The second-order valence-corrected chi connectivity index (χ2v) is 7.16. The topological polar surface area (TPSA) is 92.4 Å². The smallest absolute Gasteiger partial charge is 0.337 e. The molecule has 0 fully saturated rings. The monoisotopic (exact) mass is 430 g/mol. The van der Waals surface area contributed by atoms with E-state index in [1.807, 2.05) is 39.8 Å². The maximum atomic E-state index is 12.8. The van der Waals surface area contributed by atoms with Crippen LogP contribution in [0.3, 0.4) is 0 Å². The number of fused-ring (bicyclic) bond motifs is 1. The summed E-state index contributed by atoms with van der Waals surface area (Å²) in [6.07, 6.45) is 3.30. The number of benzene rings is 2. The molecule has 164 valence electrons. The molecule has 6 heteroatoms. The van der Waals surface area contributed by atoms with Gasteiger partial charge in [0.05, 0.1) is 17.0 Å². The Bertz CT molecular complexity index is 1300. The third-order valence-corrected chi connectivity index (χ3v) is 4.94. The zero-order valence-electron chi connectivity index (χ0n) is 18.5. The van der Waals surface area contributed by atoms with Gasteiger partial charge in [0.1, 0.15) is 11.3 Å². The molecule has 4 rings (SSSR count). The third-order valence-electron chi connectivity index (χ3n) is 4.94. The lowest BCUT2D eigenvalue weighted by atomic mass is 10.00.